The number of benzene rings is 1. The molecule has 1 fully saturated rings. The van der Waals surface area contributed by atoms with Crippen molar-refractivity contribution in [2.24, 2.45) is 0 Å². The van der Waals surface area contributed by atoms with Crippen molar-refractivity contribution in [2.45, 2.75) is 71.4 Å². The first-order valence-electron chi connectivity index (χ1n) is 9.30. The molecule has 0 aromatic heterocycles. The van der Waals surface area contributed by atoms with Crippen LogP contribution in [0.3, 0.4) is 0 Å². The largest absolute Gasteiger partial charge is 0.489 e. The Morgan fingerprint density at radius 3 is 2.40 bits per heavy atom. The standard InChI is InChI=1S/C20H30N2O3/c1-15(2)25-19-13-9-8-12-18(19)22(16(3)23)14-20(24)21-17-10-6-4-5-7-11-17/h8-9,12-13,15,17H,4-7,10-11,14H2,1-3H3,(H,21,24). The van der Waals surface area contributed by atoms with Gasteiger partial charge < -0.3 is 10.1 Å². The van der Waals surface area contributed by atoms with Crippen molar-refractivity contribution in [1.29, 1.82) is 0 Å². The van der Waals surface area contributed by atoms with Crippen LogP contribution < -0.4 is 15.0 Å². The molecule has 1 aromatic rings. The lowest BCUT2D eigenvalue weighted by atomic mass is 10.1. The van der Waals surface area contributed by atoms with Crippen molar-refractivity contribution >= 4 is 17.5 Å². The molecule has 0 atom stereocenters. The van der Waals surface area contributed by atoms with E-state index in [0.717, 1.165) is 25.7 Å². The van der Waals surface area contributed by atoms with Gasteiger partial charge in [-0.1, -0.05) is 37.8 Å². The van der Waals surface area contributed by atoms with E-state index in [2.05, 4.69) is 5.32 Å². The first-order valence-corrected chi connectivity index (χ1v) is 9.30. The molecule has 1 aromatic carbocycles. The van der Waals surface area contributed by atoms with E-state index in [1.807, 2.05) is 38.1 Å². The molecule has 0 bridgehead atoms. The van der Waals surface area contributed by atoms with Crippen LogP contribution in [-0.2, 0) is 9.59 Å². The first-order chi connectivity index (χ1) is 12.0. The van der Waals surface area contributed by atoms with E-state index < -0.39 is 0 Å². The minimum Gasteiger partial charge on any atom is -0.489 e. The SMILES string of the molecule is CC(=O)N(CC(=O)NC1CCCCCC1)c1ccccc1OC(C)C. The third kappa shape index (κ3) is 6.07. The van der Waals surface area contributed by atoms with Gasteiger partial charge in [0.15, 0.2) is 0 Å². The quantitative estimate of drug-likeness (QED) is 0.800. The van der Waals surface area contributed by atoms with Crippen molar-refractivity contribution in [2.75, 3.05) is 11.4 Å². The molecule has 2 amide bonds. The molecule has 0 unspecified atom stereocenters. The maximum atomic E-state index is 12.5. The molecule has 0 aliphatic heterocycles. The molecular weight excluding hydrogens is 316 g/mol. The van der Waals surface area contributed by atoms with E-state index in [9.17, 15) is 9.59 Å². The number of carbonyl (C=O) groups is 2. The van der Waals surface area contributed by atoms with Gasteiger partial charge in [-0.05, 0) is 38.8 Å². The van der Waals surface area contributed by atoms with Crippen LogP contribution in [0.2, 0.25) is 0 Å². The maximum absolute atomic E-state index is 12.5. The number of rotatable bonds is 6. The highest BCUT2D eigenvalue weighted by Gasteiger charge is 2.22. The van der Waals surface area contributed by atoms with Crippen molar-refractivity contribution in [3.05, 3.63) is 24.3 Å². The molecule has 5 nitrogen and oxygen atoms in total. The summed E-state index contributed by atoms with van der Waals surface area (Å²) >= 11 is 0. The summed E-state index contributed by atoms with van der Waals surface area (Å²) < 4.78 is 5.80. The van der Waals surface area contributed by atoms with Gasteiger partial charge in [0.2, 0.25) is 11.8 Å². The number of hydrogen-bond donors (Lipinski definition) is 1. The van der Waals surface area contributed by atoms with Crippen LogP contribution in [0, 0.1) is 0 Å². The fourth-order valence-corrected chi connectivity index (χ4v) is 3.24. The van der Waals surface area contributed by atoms with Crippen molar-refractivity contribution < 1.29 is 14.3 Å². The van der Waals surface area contributed by atoms with Gasteiger partial charge in [0.25, 0.3) is 0 Å². The predicted molar refractivity (Wildman–Crippen MR) is 99.9 cm³/mol. The van der Waals surface area contributed by atoms with Gasteiger partial charge in [-0.15, -0.1) is 0 Å². The third-order valence-corrected chi connectivity index (χ3v) is 4.42. The van der Waals surface area contributed by atoms with Crippen LogP contribution >= 0.6 is 0 Å². The number of carbonyl (C=O) groups excluding carboxylic acids is 2. The van der Waals surface area contributed by atoms with Crippen LogP contribution in [0.25, 0.3) is 0 Å². The summed E-state index contributed by atoms with van der Waals surface area (Å²) in [7, 11) is 0. The molecule has 0 radical (unpaired) electrons. The number of nitrogens with one attached hydrogen (secondary N) is 1. The second-order valence-electron chi connectivity index (χ2n) is 7.00. The third-order valence-electron chi connectivity index (χ3n) is 4.42. The predicted octanol–water partition coefficient (Wildman–Crippen LogP) is 3.67. The van der Waals surface area contributed by atoms with Crippen LogP contribution in [0.1, 0.15) is 59.3 Å². The molecule has 1 N–H and O–H groups in total. The van der Waals surface area contributed by atoms with Gasteiger partial charge in [-0.3, -0.25) is 14.5 Å². The lowest BCUT2D eigenvalue weighted by molar-refractivity contribution is -0.123. The highest BCUT2D eigenvalue weighted by Crippen LogP contribution is 2.29. The highest BCUT2D eigenvalue weighted by molar-refractivity contribution is 5.98. The molecule has 0 spiro atoms. The molecule has 5 heteroatoms. The van der Waals surface area contributed by atoms with Gasteiger partial charge in [0, 0.05) is 13.0 Å². The molecule has 138 valence electrons. The average Bonchev–Trinajstić information content (AvgIpc) is 2.81. The minimum atomic E-state index is -0.171. The van der Waals surface area contributed by atoms with Crippen molar-refractivity contribution in [3.63, 3.8) is 0 Å². The van der Waals surface area contributed by atoms with Crippen molar-refractivity contribution in [3.8, 4) is 5.75 Å². The van der Waals surface area contributed by atoms with E-state index in [4.69, 9.17) is 4.74 Å². The Kier molecular flexibility index (Phi) is 7.29. The number of amides is 2. The van der Waals surface area contributed by atoms with Gasteiger partial charge >= 0.3 is 0 Å². The van der Waals surface area contributed by atoms with E-state index in [1.165, 1.54) is 24.7 Å². The summed E-state index contributed by atoms with van der Waals surface area (Å²) in [6.07, 6.45) is 6.85. The van der Waals surface area contributed by atoms with E-state index in [-0.39, 0.29) is 30.5 Å². The second kappa shape index (κ2) is 9.44. The Morgan fingerprint density at radius 1 is 1.16 bits per heavy atom. The number of anilines is 1. The van der Waals surface area contributed by atoms with Gasteiger partial charge in [-0.2, -0.15) is 0 Å². The first kappa shape index (κ1) is 19.3. The zero-order valence-corrected chi connectivity index (χ0v) is 15.6. The Labute approximate surface area is 150 Å². The molecule has 1 aliphatic carbocycles. The molecule has 0 heterocycles. The summed E-state index contributed by atoms with van der Waals surface area (Å²) in [6.45, 7) is 5.37. The Bertz CT molecular complexity index is 578. The Hall–Kier alpha value is -2.04. The van der Waals surface area contributed by atoms with E-state index >= 15 is 0 Å². The topological polar surface area (TPSA) is 58.6 Å². The number of nitrogens with zero attached hydrogens (tertiary/aromatic N) is 1. The fourth-order valence-electron chi connectivity index (χ4n) is 3.24. The molecule has 25 heavy (non-hydrogen) atoms. The molecule has 0 saturated heterocycles. The van der Waals surface area contributed by atoms with Crippen LogP contribution in [-0.4, -0.2) is 30.5 Å². The maximum Gasteiger partial charge on any atom is 0.240 e. The van der Waals surface area contributed by atoms with Crippen LogP contribution in [0.4, 0.5) is 5.69 Å². The summed E-state index contributed by atoms with van der Waals surface area (Å²) in [5, 5.41) is 3.10. The van der Waals surface area contributed by atoms with Crippen molar-refractivity contribution in [1.82, 2.24) is 5.32 Å². The highest BCUT2D eigenvalue weighted by atomic mass is 16.5. The smallest absolute Gasteiger partial charge is 0.240 e. The van der Waals surface area contributed by atoms with Gasteiger partial charge in [-0.25, -0.2) is 0 Å². The Balaban J connectivity index is 2.08. The van der Waals surface area contributed by atoms with E-state index in [1.54, 1.807) is 0 Å². The lowest BCUT2D eigenvalue weighted by Gasteiger charge is -2.25. The number of ether oxygens (including phenoxy) is 1. The molecule has 1 aliphatic rings. The number of para-hydroxylation sites is 2. The van der Waals surface area contributed by atoms with Gasteiger partial charge in [0.1, 0.15) is 12.3 Å². The summed E-state index contributed by atoms with van der Waals surface area (Å²) in [5.41, 5.74) is 0.639. The molecule has 1 saturated carbocycles. The summed E-state index contributed by atoms with van der Waals surface area (Å²) in [4.78, 5) is 26.1. The molecule has 2 rings (SSSR count). The normalized spacial score (nSPS) is 15.5. The Morgan fingerprint density at radius 2 is 1.80 bits per heavy atom. The second-order valence-corrected chi connectivity index (χ2v) is 7.00. The minimum absolute atomic E-state index is 0.00484. The van der Waals surface area contributed by atoms with Crippen LogP contribution in [0.15, 0.2) is 24.3 Å². The summed E-state index contributed by atoms with van der Waals surface area (Å²) in [6, 6.07) is 7.59. The zero-order valence-electron chi connectivity index (χ0n) is 15.6. The van der Waals surface area contributed by atoms with Gasteiger partial charge in [0.05, 0.1) is 11.8 Å². The fraction of sp³-hybridized carbons (Fsp3) is 0.600. The summed E-state index contributed by atoms with van der Waals surface area (Å²) in [5.74, 6) is 0.340. The van der Waals surface area contributed by atoms with Crippen LogP contribution in [0.5, 0.6) is 5.75 Å². The lowest BCUT2D eigenvalue weighted by Crippen LogP contribution is -2.43. The monoisotopic (exact) mass is 346 g/mol. The zero-order chi connectivity index (χ0) is 18.2. The molecular formula is C20H30N2O3. The average molecular weight is 346 g/mol. The van der Waals surface area contributed by atoms with E-state index in [0.29, 0.717) is 11.4 Å². The number of hydrogen-bond acceptors (Lipinski definition) is 3.